The summed E-state index contributed by atoms with van der Waals surface area (Å²) in [6, 6.07) is 3.52. The molecule has 68 valence electrons. The maximum Gasteiger partial charge on any atom is 0.229 e. The molecular formula is C9H10N2O2. The van der Waals surface area contributed by atoms with Crippen molar-refractivity contribution in [2.24, 2.45) is 0 Å². The van der Waals surface area contributed by atoms with Crippen molar-refractivity contribution in [3.05, 3.63) is 24.5 Å². The molecule has 1 amide bonds. The molecule has 0 aromatic carbocycles. The number of aromatic nitrogens is 1. The van der Waals surface area contributed by atoms with E-state index >= 15 is 0 Å². The summed E-state index contributed by atoms with van der Waals surface area (Å²) in [4.78, 5) is 16.8. The topological polar surface area (TPSA) is 53.4 Å². The van der Waals surface area contributed by atoms with Crippen molar-refractivity contribution in [2.45, 2.75) is 12.5 Å². The molecule has 4 heteroatoms. The minimum Gasteiger partial charge on any atom is -0.391 e. The Labute approximate surface area is 75.8 Å². The van der Waals surface area contributed by atoms with E-state index in [0.717, 1.165) is 5.69 Å². The van der Waals surface area contributed by atoms with E-state index in [9.17, 15) is 9.90 Å². The van der Waals surface area contributed by atoms with Crippen molar-refractivity contribution in [1.29, 1.82) is 0 Å². The molecule has 1 saturated heterocycles. The van der Waals surface area contributed by atoms with Gasteiger partial charge >= 0.3 is 0 Å². The highest BCUT2D eigenvalue weighted by Gasteiger charge is 2.28. The van der Waals surface area contributed by atoms with Crippen LogP contribution in [0.15, 0.2) is 24.5 Å². The summed E-state index contributed by atoms with van der Waals surface area (Å²) in [5.74, 6) is -0.0290. The van der Waals surface area contributed by atoms with Crippen LogP contribution in [-0.2, 0) is 4.79 Å². The molecule has 2 rings (SSSR count). The van der Waals surface area contributed by atoms with Crippen LogP contribution in [0.3, 0.4) is 0 Å². The van der Waals surface area contributed by atoms with E-state index < -0.39 is 6.10 Å². The largest absolute Gasteiger partial charge is 0.391 e. The number of anilines is 1. The molecule has 1 aliphatic rings. The third-order valence-corrected chi connectivity index (χ3v) is 2.08. The Morgan fingerprint density at radius 2 is 2.15 bits per heavy atom. The van der Waals surface area contributed by atoms with Crippen molar-refractivity contribution in [3.63, 3.8) is 0 Å². The number of hydrogen-bond donors (Lipinski definition) is 1. The molecular weight excluding hydrogens is 168 g/mol. The van der Waals surface area contributed by atoms with E-state index in [-0.39, 0.29) is 12.3 Å². The SMILES string of the molecule is O=C1CC(O)CN1c1ccncc1. The zero-order chi connectivity index (χ0) is 9.26. The lowest BCUT2D eigenvalue weighted by atomic mass is 10.3. The third kappa shape index (κ3) is 1.53. The Hall–Kier alpha value is -1.42. The van der Waals surface area contributed by atoms with Crippen LogP contribution in [0.5, 0.6) is 0 Å². The van der Waals surface area contributed by atoms with E-state index in [4.69, 9.17) is 0 Å². The molecule has 1 atom stereocenters. The predicted octanol–water partition coefficient (Wildman–Crippen LogP) is 0.179. The number of nitrogens with zero attached hydrogens (tertiary/aromatic N) is 2. The summed E-state index contributed by atoms with van der Waals surface area (Å²) in [7, 11) is 0. The minimum absolute atomic E-state index is 0.0290. The highest BCUT2D eigenvalue weighted by molar-refractivity contribution is 5.95. The van der Waals surface area contributed by atoms with Crippen LogP contribution in [0.1, 0.15) is 6.42 Å². The molecule has 13 heavy (non-hydrogen) atoms. The van der Waals surface area contributed by atoms with Crippen molar-refractivity contribution in [1.82, 2.24) is 4.98 Å². The zero-order valence-corrected chi connectivity index (χ0v) is 7.05. The van der Waals surface area contributed by atoms with Crippen molar-refractivity contribution in [3.8, 4) is 0 Å². The molecule has 1 N–H and O–H groups in total. The molecule has 1 aliphatic heterocycles. The van der Waals surface area contributed by atoms with Crippen molar-refractivity contribution in [2.75, 3.05) is 11.4 Å². The minimum atomic E-state index is -0.527. The second-order valence-electron chi connectivity index (χ2n) is 3.07. The lowest BCUT2D eigenvalue weighted by Gasteiger charge is -2.14. The van der Waals surface area contributed by atoms with Gasteiger partial charge in [-0.3, -0.25) is 9.78 Å². The van der Waals surface area contributed by atoms with Gasteiger partial charge in [0.1, 0.15) is 0 Å². The molecule has 1 aromatic rings. The molecule has 4 nitrogen and oxygen atoms in total. The van der Waals surface area contributed by atoms with Gasteiger partial charge in [-0.15, -0.1) is 0 Å². The second-order valence-corrected chi connectivity index (χ2v) is 3.07. The Morgan fingerprint density at radius 1 is 1.46 bits per heavy atom. The summed E-state index contributed by atoms with van der Waals surface area (Å²) < 4.78 is 0. The average molecular weight is 178 g/mol. The smallest absolute Gasteiger partial charge is 0.229 e. The van der Waals surface area contributed by atoms with E-state index in [1.807, 2.05) is 0 Å². The van der Waals surface area contributed by atoms with Gasteiger partial charge in [0.2, 0.25) is 5.91 Å². The number of β-amino-alcohol motifs (C(OH)–C–C–N with tert-alkyl or cyclic N) is 1. The molecule has 1 aromatic heterocycles. The van der Waals surface area contributed by atoms with E-state index in [1.54, 1.807) is 29.4 Å². The fourth-order valence-electron chi connectivity index (χ4n) is 1.46. The van der Waals surface area contributed by atoms with Crippen LogP contribution in [0.2, 0.25) is 0 Å². The highest BCUT2D eigenvalue weighted by atomic mass is 16.3. The number of hydrogen-bond acceptors (Lipinski definition) is 3. The van der Waals surface area contributed by atoms with Gasteiger partial charge in [0.05, 0.1) is 19.1 Å². The lowest BCUT2D eigenvalue weighted by molar-refractivity contribution is -0.117. The van der Waals surface area contributed by atoms with Crippen LogP contribution in [-0.4, -0.2) is 28.6 Å². The van der Waals surface area contributed by atoms with E-state index in [1.165, 1.54) is 0 Å². The molecule has 0 spiro atoms. The normalized spacial score (nSPS) is 22.4. The number of carbonyl (C=O) groups is 1. The quantitative estimate of drug-likeness (QED) is 0.667. The van der Waals surface area contributed by atoms with Gasteiger partial charge in [-0.2, -0.15) is 0 Å². The fourth-order valence-corrected chi connectivity index (χ4v) is 1.46. The number of rotatable bonds is 1. The monoisotopic (exact) mass is 178 g/mol. The molecule has 2 heterocycles. The predicted molar refractivity (Wildman–Crippen MR) is 47.2 cm³/mol. The Bertz CT molecular complexity index is 313. The van der Waals surface area contributed by atoms with Crippen molar-refractivity contribution < 1.29 is 9.90 Å². The Morgan fingerprint density at radius 3 is 2.69 bits per heavy atom. The summed E-state index contributed by atoms with van der Waals surface area (Å²) in [5, 5.41) is 9.25. The fraction of sp³-hybridized carbons (Fsp3) is 0.333. The lowest BCUT2D eigenvalue weighted by Crippen LogP contribution is -2.25. The van der Waals surface area contributed by atoms with Crippen molar-refractivity contribution >= 4 is 11.6 Å². The first kappa shape index (κ1) is 8.19. The maximum absolute atomic E-state index is 11.3. The standard InChI is InChI=1S/C9H10N2O2/c12-8-5-9(13)11(6-8)7-1-3-10-4-2-7/h1-4,8,12H,5-6H2. The number of pyridine rings is 1. The first-order valence-electron chi connectivity index (χ1n) is 4.16. The van der Waals surface area contributed by atoms with E-state index in [0.29, 0.717) is 6.54 Å². The Balaban J connectivity index is 2.23. The number of aliphatic hydroxyl groups excluding tert-OH is 1. The molecule has 1 unspecified atom stereocenters. The zero-order valence-electron chi connectivity index (χ0n) is 7.05. The maximum atomic E-state index is 11.3. The van der Waals surface area contributed by atoms with Gasteiger partial charge in [-0.05, 0) is 12.1 Å². The van der Waals surface area contributed by atoms with Gasteiger partial charge in [0, 0.05) is 18.1 Å². The molecule has 0 saturated carbocycles. The summed E-state index contributed by atoms with van der Waals surface area (Å²) in [5.41, 5.74) is 0.802. The first-order chi connectivity index (χ1) is 6.27. The third-order valence-electron chi connectivity index (χ3n) is 2.08. The van der Waals surface area contributed by atoms with Gasteiger partial charge in [0.15, 0.2) is 0 Å². The number of carbonyl (C=O) groups excluding carboxylic acids is 1. The first-order valence-corrected chi connectivity index (χ1v) is 4.16. The van der Waals surface area contributed by atoms with Crippen LogP contribution in [0, 0.1) is 0 Å². The summed E-state index contributed by atoms with van der Waals surface area (Å²) in [6.07, 6.45) is 2.96. The summed E-state index contributed by atoms with van der Waals surface area (Å²) >= 11 is 0. The average Bonchev–Trinajstić information content (AvgIpc) is 2.47. The highest BCUT2D eigenvalue weighted by Crippen LogP contribution is 2.19. The summed E-state index contributed by atoms with van der Waals surface area (Å²) in [6.45, 7) is 0.392. The number of aliphatic hydroxyl groups is 1. The number of amides is 1. The van der Waals surface area contributed by atoms with Gasteiger partial charge in [0.25, 0.3) is 0 Å². The van der Waals surface area contributed by atoms with Crippen LogP contribution >= 0.6 is 0 Å². The molecule has 1 fully saturated rings. The van der Waals surface area contributed by atoms with Crippen LogP contribution < -0.4 is 4.90 Å². The van der Waals surface area contributed by atoms with Gasteiger partial charge < -0.3 is 10.0 Å². The second kappa shape index (κ2) is 3.14. The van der Waals surface area contributed by atoms with Crippen LogP contribution in [0.4, 0.5) is 5.69 Å². The molecule has 0 bridgehead atoms. The Kier molecular flexibility index (Phi) is 1.98. The molecule has 0 radical (unpaired) electrons. The van der Waals surface area contributed by atoms with E-state index in [2.05, 4.69) is 4.98 Å². The van der Waals surface area contributed by atoms with Gasteiger partial charge in [-0.25, -0.2) is 0 Å². The van der Waals surface area contributed by atoms with Crippen LogP contribution in [0.25, 0.3) is 0 Å². The molecule has 0 aliphatic carbocycles. The van der Waals surface area contributed by atoms with Gasteiger partial charge in [-0.1, -0.05) is 0 Å².